The zero-order valence-corrected chi connectivity index (χ0v) is 22.5. The zero-order chi connectivity index (χ0) is 28.2. The number of hydrogen-bond acceptors (Lipinski definition) is 4. The van der Waals surface area contributed by atoms with E-state index >= 15 is 0 Å². The van der Waals surface area contributed by atoms with Crippen LogP contribution in [0.1, 0.15) is 40.9 Å². The van der Waals surface area contributed by atoms with Crippen molar-refractivity contribution >= 4 is 5.91 Å². The van der Waals surface area contributed by atoms with Gasteiger partial charge in [-0.1, -0.05) is 61.5 Å². The SMILES string of the molecule is C[C@H]1CN([C@@H](C)CO)C(=O)c2ccccc2-c2ccccc2CO[C@H]1CN(C)Cc1ccc(C(F)(F)F)cc1. The molecule has 4 rings (SSSR count). The van der Waals surface area contributed by atoms with E-state index in [1.165, 1.54) is 12.1 Å². The van der Waals surface area contributed by atoms with Crippen LogP contribution in [-0.4, -0.2) is 59.7 Å². The van der Waals surface area contributed by atoms with Gasteiger partial charge in [0, 0.05) is 31.1 Å². The molecule has 3 aromatic rings. The van der Waals surface area contributed by atoms with Gasteiger partial charge in [-0.2, -0.15) is 13.2 Å². The second-order valence-corrected chi connectivity index (χ2v) is 10.4. The van der Waals surface area contributed by atoms with E-state index in [0.29, 0.717) is 31.8 Å². The van der Waals surface area contributed by atoms with E-state index < -0.39 is 17.8 Å². The minimum absolute atomic E-state index is 0.0876. The number of nitrogens with zero attached hydrogens (tertiary/aromatic N) is 2. The van der Waals surface area contributed by atoms with Gasteiger partial charge in [-0.25, -0.2) is 0 Å². The number of amides is 1. The largest absolute Gasteiger partial charge is 0.416 e. The minimum Gasteiger partial charge on any atom is -0.394 e. The van der Waals surface area contributed by atoms with Crippen LogP contribution in [0.25, 0.3) is 11.1 Å². The summed E-state index contributed by atoms with van der Waals surface area (Å²) in [6.45, 7) is 5.36. The molecule has 3 atom stereocenters. The van der Waals surface area contributed by atoms with E-state index in [0.717, 1.165) is 34.4 Å². The third-order valence-corrected chi connectivity index (χ3v) is 7.32. The third-order valence-electron chi connectivity index (χ3n) is 7.32. The summed E-state index contributed by atoms with van der Waals surface area (Å²) >= 11 is 0. The van der Waals surface area contributed by atoms with Gasteiger partial charge in [-0.3, -0.25) is 9.69 Å². The van der Waals surface area contributed by atoms with E-state index in [2.05, 4.69) is 0 Å². The molecule has 0 spiro atoms. The molecule has 208 valence electrons. The molecule has 0 saturated carbocycles. The molecule has 0 unspecified atom stereocenters. The Morgan fingerprint density at radius 3 is 2.26 bits per heavy atom. The van der Waals surface area contributed by atoms with Crippen molar-refractivity contribution in [2.75, 3.05) is 26.7 Å². The van der Waals surface area contributed by atoms with Crippen molar-refractivity contribution < 1.29 is 27.8 Å². The smallest absolute Gasteiger partial charge is 0.394 e. The fourth-order valence-corrected chi connectivity index (χ4v) is 5.03. The molecule has 8 heteroatoms. The van der Waals surface area contributed by atoms with Gasteiger partial charge in [0.05, 0.1) is 30.9 Å². The van der Waals surface area contributed by atoms with Crippen LogP contribution in [0.4, 0.5) is 13.2 Å². The Labute approximate surface area is 227 Å². The normalized spacial score (nSPS) is 19.3. The monoisotopic (exact) mass is 540 g/mol. The van der Waals surface area contributed by atoms with Gasteiger partial charge < -0.3 is 14.7 Å². The number of fused-ring (bicyclic) bond motifs is 3. The predicted molar refractivity (Wildman–Crippen MR) is 145 cm³/mol. The second kappa shape index (κ2) is 12.3. The highest BCUT2D eigenvalue weighted by Crippen LogP contribution is 2.32. The number of carbonyl (C=O) groups is 1. The Kier molecular flexibility index (Phi) is 9.10. The van der Waals surface area contributed by atoms with Gasteiger partial charge in [-0.15, -0.1) is 0 Å². The molecule has 0 saturated heterocycles. The van der Waals surface area contributed by atoms with Gasteiger partial charge in [0.1, 0.15) is 0 Å². The number of likely N-dealkylation sites (N-methyl/N-ethyl adjacent to an activating group) is 1. The first kappa shape index (κ1) is 28.8. The fraction of sp³-hybridized carbons (Fsp3) is 0.387. The lowest BCUT2D eigenvalue weighted by Crippen LogP contribution is -2.47. The fourth-order valence-electron chi connectivity index (χ4n) is 5.03. The van der Waals surface area contributed by atoms with Crippen LogP contribution in [0, 0.1) is 5.92 Å². The highest BCUT2D eigenvalue weighted by Gasteiger charge is 2.31. The third kappa shape index (κ3) is 6.87. The van der Waals surface area contributed by atoms with Crippen LogP contribution in [-0.2, 0) is 24.1 Å². The van der Waals surface area contributed by atoms with Gasteiger partial charge >= 0.3 is 6.18 Å². The van der Waals surface area contributed by atoms with E-state index in [1.54, 1.807) is 4.90 Å². The lowest BCUT2D eigenvalue weighted by molar-refractivity contribution is -0.137. The van der Waals surface area contributed by atoms with Crippen LogP contribution in [0.3, 0.4) is 0 Å². The maximum Gasteiger partial charge on any atom is 0.416 e. The van der Waals surface area contributed by atoms with Crippen molar-refractivity contribution in [2.24, 2.45) is 5.92 Å². The van der Waals surface area contributed by atoms with Crippen molar-refractivity contribution in [3.05, 3.63) is 95.1 Å². The molecule has 0 aromatic heterocycles. The average Bonchev–Trinajstić information content (AvgIpc) is 2.94. The summed E-state index contributed by atoms with van der Waals surface area (Å²) in [5, 5.41) is 9.98. The Morgan fingerprint density at radius 1 is 1.00 bits per heavy atom. The summed E-state index contributed by atoms with van der Waals surface area (Å²) in [5.41, 5.74) is 3.38. The van der Waals surface area contributed by atoms with Crippen molar-refractivity contribution in [3.63, 3.8) is 0 Å². The number of aliphatic hydroxyl groups excluding tert-OH is 1. The molecule has 3 aromatic carbocycles. The molecule has 0 fully saturated rings. The molecule has 1 N–H and O–H groups in total. The molecule has 1 aliphatic rings. The lowest BCUT2D eigenvalue weighted by atomic mass is 9.94. The molecule has 1 amide bonds. The van der Waals surface area contributed by atoms with Crippen LogP contribution in [0.15, 0.2) is 72.8 Å². The molecule has 1 aliphatic heterocycles. The quantitative estimate of drug-likeness (QED) is 0.426. The summed E-state index contributed by atoms with van der Waals surface area (Å²) in [6, 6.07) is 20.2. The average molecular weight is 541 g/mol. The maximum atomic E-state index is 13.9. The Balaban J connectivity index is 1.62. The maximum absolute atomic E-state index is 13.9. The molecule has 0 radical (unpaired) electrons. The number of ether oxygens (including phenoxy) is 1. The molecule has 1 heterocycles. The van der Waals surface area contributed by atoms with E-state index in [4.69, 9.17) is 4.74 Å². The standard InChI is InChI=1S/C31H35F3N2O3/c1-21-16-36(22(2)19-37)30(38)28-11-7-6-10-27(28)26-9-5-4-8-24(26)20-39-29(21)18-35(3)17-23-12-14-25(15-13-23)31(32,33)34/h4-15,21-22,29,37H,16-20H2,1-3H3/t21-,22-,29-/m0/s1. The number of rotatable bonds is 6. The summed E-state index contributed by atoms with van der Waals surface area (Å²) in [4.78, 5) is 17.6. The molecular formula is C31H35F3N2O3. The number of halogens is 3. The number of benzene rings is 3. The topological polar surface area (TPSA) is 53.0 Å². The summed E-state index contributed by atoms with van der Waals surface area (Å²) in [7, 11) is 1.90. The lowest BCUT2D eigenvalue weighted by Gasteiger charge is -2.35. The molecule has 5 nitrogen and oxygen atoms in total. The van der Waals surface area contributed by atoms with Gasteiger partial charge in [0.25, 0.3) is 5.91 Å². The van der Waals surface area contributed by atoms with Crippen molar-refractivity contribution in [1.82, 2.24) is 9.80 Å². The zero-order valence-electron chi connectivity index (χ0n) is 22.5. The van der Waals surface area contributed by atoms with E-state index in [9.17, 15) is 23.1 Å². The van der Waals surface area contributed by atoms with Crippen molar-refractivity contribution in [3.8, 4) is 11.1 Å². The molecule has 39 heavy (non-hydrogen) atoms. The van der Waals surface area contributed by atoms with E-state index in [-0.39, 0.29) is 24.5 Å². The Morgan fingerprint density at radius 2 is 1.62 bits per heavy atom. The van der Waals surface area contributed by atoms with Crippen LogP contribution < -0.4 is 0 Å². The Hall–Kier alpha value is -3.20. The van der Waals surface area contributed by atoms with E-state index in [1.807, 2.05) is 74.3 Å². The van der Waals surface area contributed by atoms with Crippen LogP contribution in [0.5, 0.6) is 0 Å². The molecular weight excluding hydrogens is 505 g/mol. The first-order valence-corrected chi connectivity index (χ1v) is 13.1. The van der Waals surface area contributed by atoms with Gasteiger partial charge in [0.15, 0.2) is 0 Å². The highest BCUT2D eigenvalue weighted by atomic mass is 19.4. The van der Waals surface area contributed by atoms with Crippen molar-refractivity contribution in [1.29, 1.82) is 0 Å². The second-order valence-electron chi connectivity index (χ2n) is 10.4. The Bertz CT molecular complexity index is 1260. The molecule has 0 bridgehead atoms. The first-order valence-electron chi connectivity index (χ1n) is 13.1. The first-order chi connectivity index (χ1) is 18.6. The number of aliphatic hydroxyl groups is 1. The predicted octanol–water partition coefficient (Wildman–Crippen LogP) is 5.86. The van der Waals surface area contributed by atoms with Gasteiger partial charge in [0.2, 0.25) is 0 Å². The number of alkyl halides is 3. The highest BCUT2D eigenvalue weighted by molar-refractivity contribution is 6.01. The van der Waals surface area contributed by atoms with Crippen LogP contribution >= 0.6 is 0 Å². The summed E-state index contributed by atoms with van der Waals surface area (Å²) in [6.07, 6.45) is -4.65. The summed E-state index contributed by atoms with van der Waals surface area (Å²) < 4.78 is 45.4. The van der Waals surface area contributed by atoms with Gasteiger partial charge in [-0.05, 0) is 54.4 Å². The number of hydrogen-bond donors (Lipinski definition) is 1. The minimum atomic E-state index is -4.37. The van der Waals surface area contributed by atoms with Crippen LogP contribution in [0.2, 0.25) is 0 Å². The number of carbonyl (C=O) groups excluding carboxylic acids is 1. The van der Waals surface area contributed by atoms with Crippen molar-refractivity contribution in [2.45, 2.75) is 45.3 Å². The molecule has 0 aliphatic carbocycles. The summed E-state index contributed by atoms with van der Waals surface area (Å²) in [5.74, 6) is -0.233.